The molecule has 0 aliphatic rings. The second-order valence-corrected chi connectivity index (χ2v) is 4.79. The van der Waals surface area contributed by atoms with E-state index in [0.717, 1.165) is 20.4 Å². The van der Waals surface area contributed by atoms with E-state index >= 15 is 0 Å². The van der Waals surface area contributed by atoms with Crippen LogP contribution in [0.25, 0.3) is 0 Å². The maximum Gasteiger partial charge on any atom is 0.135 e. The number of hydrogen-bond acceptors (Lipinski definition) is 3. The maximum atomic E-state index is 5.62. The van der Waals surface area contributed by atoms with Gasteiger partial charge in [-0.15, -0.1) is 0 Å². The van der Waals surface area contributed by atoms with E-state index in [9.17, 15) is 0 Å². The van der Waals surface area contributed by atoms with Crippen molar-refractivity contribution >= 4 is 31.9 Å². The van der Waals surface area contributed by atoms with Gasteiger partial charge in [0.05, 0.1) is 16.1 Å². The number of benzene rings is 1. The highest BCUT2D eigenvalue weighted by atomic mass is 79.9. The minimum absolute atomic E-state index is 0.0124. The SMILES string of the molecule is COc1cc(Br)c(OC(C)CN)cc1Br. The number of halogens is 2. The quantitative estimate of drug-likeness (QED) is 0.918. The molecule has 1 rings (SSSR count). The maximum absolute atomic E-state index is 5.62. The Morgan fingerprint density at radius 2 is 1.80 bits per heavy atom. The molecule has 0 heterocycles. The second kappa shape index (κ2) is 5.72. The number of nitrogens with two attached hydrogens (primary N) is 1. The fourth-order valence-corrected chi connectivity index (χ4v) is 1.92. The fraction of sp³-hybridized carbons (Fsp3) is 0.400. The smallest absolute Gasteiger partial charge is 0.135 e. The Hall–Kier alpha value is -0.260. The van der Waals surface area contributed by atoms with Crippen LogP contribution in [-0.2, 0) is 0 Å². The van der Waals surface area contributed by atoms with Gasteiger partial charge in [-0.25, -0.2) is 0 Å². The summed E-state index contributed by atoms with van der Waals surface area (Å²) >= 11 is 6.81. The summed E-state index contributed by atoms with van der Waals surface area (Å²) in [5.41, 5.74) is 5.49. The lowest BCUT2D eigenvalue weighted by Gasteiger charge is -2.15. The molecule has 84 valence electrons. The Bertz CT molecular complexity index is 344. The molecule has 0 aliphatic heterocycles. The van der Waals surface area contributed by atoms with Gasteiger partial charge < -0.3 is 15.2 Å². The van der Waals surface area contributed by atoms with Crippen molar-refractivity contribution in [2.75, 3.05) is 13.7 Å². The van der Waals surface area contributed by atoms with Gasteiger partial charge in [0.1, 0.15) is 17.6 Å². The molecular formula is C10H13Br2NO2. The van der Waals surface area contributed by atoms with Crippen LogP contribution in [0.4, 0.5) is 0 Å². The highest BCUT2D eigenvalue weighted by Gasteiger charge is 2.10. The minimum Gasteiger partial charge on any atom is -0.496 e. The third kappa shape index (κ3) is 3.36. The summed E-state index contributed by atoms with van der Waals surface area (Å²) in [6.07, 6.45) is -0.0124. The Balaban J connectivity index is 2.95. The van der Waals surface area contributed by atoms with Crippen molar-refractivity contribution in [1.29, 1.82) is 0 Å². The monoisotopic (exact) mass is 337 g/mol. The first-order valence-electron chi connectivity index (χ1n) is 4.48. The van der Waals surface area contributed by atoms with Gasteiger partial charge in [-0.1, -0.05) is 0 Å². The molecule has 0 spiro atoms. The van der Waals surface area contributed by atoms with Crippen molar-refractivity contribution in [2.24, 2.45) is 5.73 Å². The minimum atomic E-state index is -0.0124. The van der Waals surface area contributed by atoms with Crippen LogP contribution in [0.15, 0.2) is 21.1 Å². The molecule has 0 fully saturated rings. The molecule has 0 aromatic heterocycles. The predicted molar refractivity (Wildman–Crippen MR) is 67.5 cm³/mol. The number of methoxy groups -OCH3 is 1. The zero-order valence-corrected chi connectivity index (χ0v) is 11.8. The first kappa shape index (κ1) is 12.8. The molecule has 0 saturated heterocycles. The molecule has 1 atom stereocenters. The molecule has 3 nitrogen and oxygen atoms in total. The van der Waals surface area contributed by atoms with Gasteiger partial charge in [-0.3, -0.25) is 0 Å². The van der Waals surface area contributed by atoms with E-state index in [1.807, 2.05) is 19.1 Å². The summed E-state index contributed by atoms with van der Waals surface area (Å²) in [5.74, 6) is 1.51. The van der Waals surface area contributed by atoms with Gasteiger partial charge >= 0.3 is 0 Å². The summed E-state index contributed by atoms with van der Waals surface area (Å²) in [6.45, 7) is 2.40. The van der Waals surface area contributed by atoms with E-state index < -0.39 is 0 Å². The summed E-state index contributed by atoms with van der Waals surface area (Å²) in [5, 5.41) is 0. The lowest BCUT2D eigenvalue weighted by molar-refractivity contribution is 0.228. The Morgan fingerprint density at radius 3 is 2.33 bits per heavy atom. The molecule has 1 aromatic carbocycles. The van der Waals surface area contributed by atoms with Crippen LogP contribution in [0.2, 0.25) is 0 Å². The van der Waals surface area contributed by atoms with Crippen molar-refractivity contribution < 1.29 is 9.47 Å². The third-order valence-electron chi connectivity index (χ3n) is 1.87. The van der Waals surface area contributed by atoms with Crippen LogP contribution >= 0.6 is 31.9 Å². The van der Waals surface area contributed by atoms with Crippen LogP contribution in [0.3, 0.4) is 0 Å². The Labute approximate surface area is 106 Å². The number of rotatable bonds is 4. The molecule has 1 aromatic rings. The number of hydrogen-bond donors (Lipinski definition) is 1. The van der Waals surface area contributed by atoms with Crippen molar-refractivity contribution in [3.8, 4) is 11.5 Å². The fourth-order valence-electron chi connectivity index (χ4n) is 1.02. The lowest BCUT2D eigenvalue weighted by Crippen LogP contribution is -2.22. The Kier molecular flexibility index (Phi) is 4.89. The van der Waals surface area contributed by atoms with Gasteiger partial charge in [0, 0.05) is 6.54 Å². The number of ether oxygens (including phenoxy) is 2. The van der Waals surface area contributed by atoms with Gasteiger partial charge in [-0.2, -0.15) is 0 Å². The van der Waals surface area contributed by atoms with Crippen LogP contribution in [0, 0.1) is 0 Å². The van der Waals surface area contributed by atoms with Crippen molar-refractivity contribution in [1.82, 2.24) is 0 Å². The molecule has 0 bridgehead atoms. The third-order valence-corrected chi connectivity index (χ3v) is 3.11. The average Bonchev–Trinajstić information content (AvgIpc) is 2.22. The molecule has 0 saturated carbocycles. The van der Waals surface area contributed by atoms with E-state index in [1.165, 1.54) is 0 Å². The molecule has 0 radical (unpaired) electrons. The van der Waals surface area contributed by atoms with Crippen molar-refractivity contribution in [3.05, 3.63) is 21.1 Å². The van der Waals surface area contributed by atoms with Crippen molar-refractivity contribution in [2.45, 2.75) is 13.0 Å². The Morgan fingerprint density at radius 1 is 1.27 bits per heavy atom. The molecular weight excluding hydrogens is 326 g/mol. The van der Waals surface area contributed by atoms with E-state index in [-0.39, 0.29) is 6.10 Å². The second-order valence-electron chi connectivity index (χ2n) is 3.08. The summed E-state index contributed by atoms with van der Waals surface area (Å²) in [6, 6.07) is 3.71. The average molecular weight is 339 g/mol. The van der Waals surface area contributed by atoms with Crippen molar-refractivity contribution in [3.63, 3.8) is 0 Å². The van der Waals surface area contributed by atoms with E-state index in [4.69, 9.17) is 15.2 Å². The van der Waals surface area contributed by atoms with Crippen LogP contribution < -0.4 is 15.2 Å². The zero-order valence-electron chi connectivity index (χ0n) is 8.59. The van der Waals surface area contributed by atoms with E-state index in [1.54, 1.807) is 7.11 Å². The van der Waals surface area contributed by atoms with Gasteiger partial charge in [0.2, 0.25) is 0 Å². The summed E-state index contributed by atoms with van der Waals surface area (Å²) < 4.78 is 12.5. The van der Waals surface area contributed by atoms with Gasteiger partial charge in [-0.05, 0) is 50.9 Å². The highest BCUT2D eigenvalue weighted by molar-refractivity contribution is 9.11. The van der Waals surface area contributed by atoms with Gasteiger partial charge in [0.15, 0.2) is 0 Å². The molecule has 0 amide bonds. The molecule has 5 heteroatoms. The normalized spacial score (nSPS) is 12.3. The topological polar surface area (TPSA) is 44.5 Å². The highest BCUT2D eigenvalue weighted by Crippen LogP contribution is 2.36. The van der Waals surface area contributed by atoms with Crippen LogP contribution in [0.5, 0.6) is 11.5 Å². The largest absolute Gasteiger partial charge is 0.496 e. The molecule has 15 heavy (non-hydrogen) atoms. The van der Waals surface area contributed by atoms with Crippen LogP contribution in [-0.4, -0.2) is 19.8 Å². The summed E-state index contributed by atoms with van der Waals surface area (Å²) in [7, 11) is 1.62. The first-order chi connectivity index (χ1) is 7.08. The summed E-state index contributed by atoms with van der Waals surface area (Å²) in [4.78, 5) is 0. The first-order valence-corrected chi connectivity index (χ1v) is 6.06. The van der Waals surface area contributed by atoms with E-state index in [2.05, 4.69) is 31.9 Å². The lowest BCUT2D eigenvalue weighted by atomic mass is 10.3. The predicted octanol–water partition coefficient (Wildman–Crippen LogP) is 2.95. The standard InChI is InChI=1S/C10H13Br2NO2/c1-6(5-13)15-10-4-7(11)9(14-2)3-8(10)12/h3-4,6H,5,13H2,1-2H3. The zero-order chi connectivity index (χ0) is 11.4. The van der Waals surface area contributed by atoms with Gasteiger partial charge in [0.25, 0.3) is 0 Å². The molecule has 2 N–H and O–H groups in total. The molecule has 0 aliphatic carbocycles. The molecule has 1 unspecified atom stereocenters. The van der Waals surface area contributed by atoms with E-state index in [0.29, 0.717) is 6.54 Å². The van der Waals surface area contributed by atoms with Crippen LogP contribution in [0.1, 0.15) is 6.92 Å².